The zero-order chi connectivity index (χ0) is 19.7. The van der Waals surface area contributed by atoms with E-state index in [1.807, 2.05) is 0 Å². The van der Waals surface area contributed by atoms with E-state index < -0.39 is 11.2 Å². The van der Waals surface area contributed by atoms with Crippen LogP contribution in [0.3, 0.4) is 0 Å². The van der Waals surface area contributed by atoms with Gasteiger partial charge < -0.3 is 10.2 Å². The Morgan fingerprint density at radius 3 is 2.79 bits per heavy atom. The smallest absolute Gasteiger partial charge is 0.270 e. The molecular weight excluding hydrogens is 364 g/mol. The van der Waals surface area contributed by atoms with Gasteiger partial charge in [0, 0.05) is 18.3 Å². The lowest BCUT2D eigenvalue weighted by Gasteiger charge is -2.36. The lowest BCUT2D eigenvalue weighted by Crippen LogP contribution is -2.46. The number of amides is 2. The summed E-state index contributed by atoms with van der Waals surface area (Å²) in [5, 5.41) is 2.94. The summed E-state index contributed by atoms with van der Waals surface area (Å²) in [5.41, 5.74) is 0.197. The van der Waals surface area contributed by atoms with Crippen LogP contribution in [0.15, 0.2) is 42.6 Å². The first-order chi connectivity index (χ1) is 13.5. The van der Waals surface area contributed by atoms with Gasteiger partial charge >= 0.3 is 0 Å². The number of anilines is 1. The zero-order valence-corrected chi connectivity index (χ0v) is 15.3. The summed E-state index contributed by atoms with van der Waals surface area (Å²) < 4.78 is 26.6. The summed E-state index contributed by atoms with van der Waals surface area (Å²) in [4.78, 5) is 31.0. The Bertz CT molecular complexity index is 903. The number of carbonyl (C=O) groups is 2. The quantitative estimate of drug-likeness (QED) is 0.880. The summed E-state index contributed by atoms with van der Waals surface area (Å²) in [5.74, 6) is -1.24. The van der Waals surface area contributed by atoms with Gasteiger partial charge in [-0.1, -0.05) is 12.5 Å². The number of rotatable bonds is 3. The predicted molar refractivity (Wildman–Crippen MR) is 99.7 cm³/mol. The van der Waals surface area contributed by atoms with E-state index in [9.17, 15) is 18.4 Å². The maximum Gasteiger partial charge on any atom is 0.270 e. The van der Waals surface area contributed by atoms with Gasteiger partial charge in [-0.15, -0.1) is 0 Å². The molecular formula is C21H21F2N3O2. The van der Waals surface area contributed by atoms with E-state index in [2.05, 4.69) is 10.3 Å². The second kappa shape index (κ2) is 7.30. The van der Waals surface area contributed by atoms with Crippen molar-refractivity contribution in [2.45, 2.75) is 38.1 Å². The van der Waals surface area contributed by atoms with Crippen LogP contribution in [0.4, 0.5) is 14.5 Å². The molecule has 28 heavy (non-hydrogen) atoms. The minimum atomic E-state index is -0.529. The van der Waals surface area contributed by atoms with Gasteiger partial charge in [-0.3, -0.25) is 9.59 Å². The average Bonchev–Trinajstić information content (AvgIpc) is 2.98. The van der Waals surface area contributed by atoms with Crippen molar-refractivity contribution in [3.8, 4) is 0 Å². The molecule has 0 bridgehead atoms. The second-order valence-electron chi connectivity index (χ2n) is 7.60. The van der Waals surface area contributed by atoms with Gasteiger partial charge in [-0.25, -0.2) is 13.8 Å². The molecule has 0 radical (unpaired) electrons. The number of aromatic nitrogens is 1. The van der Waals surface area contributed by atoms with Crippen molar-refractivity contribution in [3.63, 3.8) is 0 Å². The van der Waals surface area contributed by atoms with E-state index in [-0.39, 0.29) is 29.4 Å². The van der Waals surface area contributed by atoms with Crippen molar-refractivity contribution < 1.29 is 18.4 Å². The number of hydrogen-bond donors (Lipinski definition) is 1. The van der Waals surface area contributed by atoms with Gasteiger partial charge in [0.1, 0.15) is 17.3 Å². The Kier molecular flexibility index (Phi) is 4.83. The molecule has 1 saturated carbocycles. The third-order valence-electron chi connectivity index (χ3n) is 5.77. The molecule has 1 saturated heterocycles. The highest BCUT2D eigenvalue weighted by Gasteiger charge is 2.49. The molecule has 2 amide bonds. The number of nitrogens with one attached hydrogen (secondary N) is 1. The molecule has 2 atom stereocenters. The van der Waals surface area contributed by atoms with Crippen LogP contribution in [0.5, 0.6) is 0 Å². The lowest BCUT2D eigenvalue weighted by atomic mass is 9.71. The van der Waals surface area contributed by atoms with Gasteiger partial charge in [0.05, 0.1) is 11.6 Å². The molecule has 2 unspecified atom stereocenters. The molecule has 5 nitrogen and oxygen atoms in total. The highest BCUT2D eigenvalue weighted by molar-refractivity contribution is 6.00. The Balaban J connectivity index is 1.46. The fourth-order valence-electron chi connectivity index (χ4n) is 4.39. The Labute approximate surface area is 161 Å². The largest absolute Gasteiger partial charge is 0.348 e. The summed E-state index contributed by atoms with van der Waals surface area (Å²) >= 11 is 0. The molecule has 7 heteroatoms. The van der Waals surface area contributed by atoms with Crippen LogP contribution >= 0.6 is 0 Å². The molecule has 2 heterocycles. The number of hydrogen-bond acceptors (Lipinski definition) is 3. The van der Waals surface area contributed by atoms with Crippen molar-refractivity contribution in [3.05, 3.63) is 59.9 Å². The monoisotopic (exact) mass is 385 g/mol. The maximum atomic E-state index is 13.6. The molecule has 1 spiro atoms. The second-order valence-corrected chi connectivity index (χ2v) is 7.60. The van der Waals surface area contributed by atoms with E-state index in [4.69, 9.17) is 0 Å². The number of nitrogens with zero attached hydrogens (tertiary/aromatic N) is 2. The summed E-state index contributed by atoms with van der Waals surface area (Å²) in [7, 11) is 0. The van der Waals surface area contributed by atoms with Gasteiger partial charge in [0.2, 0.25) is 5.91 Å². The first kappa shape index (κ1) is 18.5. The van der Waals surface area contributed by atoms with Crippen LogP contribution in [-0.4, -0.2) is 29.4 Å². The normalized spacial score (nSPS) is 24.6. The molecule has 1 aliphatic heterocycles. The van der Waals surface area contributed by atoms with E-state index in [0.717, 1.165) is 25.5 Å². The van der Waals surface area contributed by atoms with Crippen LogP contribution in [0.2, 0.25) is 0 Å². The molecule has 1 aliphatic carbocycles. The SMILES string of the molecule is O=C(NC1CCCC2(CCN(c3cccc(F)c3)C2=O)C1)c1ccc(F)cn1. The van der Waals surface area contributed by atoms with E-state index >= 15 is 0 Å². The number of benzene rings is 1. The van der Waals surface area contributed by atoms with E-state index in [1.165, 1.54) is 24.3 Å². The zero-order valence-electron chi connectivity index (χ0n) is 15.3. The molecule has 146 valence electrons. The predicted octanol–water partition coefficient (Wildman–Crippen LogP) is 3.46. The fourth-order valence-corrected chi connectivity index (χ4v) is 4.39. The number of halogens is 2. The molecule has 1 aromatic heterocycles. The first-order valence-electron chi connectivity index (χ1n) is 9.47. The topological polar surface area (TPSA) is 62.3 Å². The molecule has 2 fully saturated rings. The molecule has 2 aliphatic rings. The van der Waals surface area contributed by atoms with Crippen molar-refractivity contribution in [2.75, 3.05) is 11.4 Å². The van der Waals surface area contributed by atoms with Crippen molar-refractivity contribution in [1.82, 2.24) is 10.3 Å². The molecule has 1 N–H and O–H groups in total. The van der Waals surface area contributed by atoms with Crippen LogP contribution in [-0.2, 0) is 4.79 Å². The molecule has 2 aromatic rings. The summed E-state index contributed by atoms with van der Waals surface area (Å²) in [6, 6.07) is 8.46. The van der Waals surface area contributed by atoms with Crippen molar-refractivity contribution in [2.24, 2.45) is 5.41 Å². The minimum absolute atomic E-state index is 0.00282. The summed E-state index contributed by atoms with van der Waals surface area (Å²) in [6.45, 7) is 0.544. The number of pyridine rings is 1. The Hall–Kier alpha value is -2.83. The third-order valence-corrected chi connectivity index (χ3v) is 5.77. The average molecular weight is 385 g/mol. The van der Waals surface area contributed by atoms with Crippen molar-refractivity contribution in [1.29, 1.82) is 0 Å². The number of carbonyl (C=O) groups excluding carboxylic acids is 2. The molecule has 1 aromatic carbocycles. The first-order valence-corrected chi connectivity index (χ1v) is 9.47. The fraction of sp³-hybridized carbons (Fsp3) is 0.381. The van der Waals surface area contributed by atoms with Crippen LogP contribution in [0, 0.1) is 17.0 Å². The standard InChI is InChI=1S/C21H21F2N3O2/c22-14-3-1-5-17(11-14)26-10-9-21(20(26)28)8-2-4-16(12-21)25-19(27)18-7-6-15(23)13-24-18/h1,3,5-7,11,13,16H,2,4,8-10,12H2,(H,25,27). The van der Waals surface area contributed by atoms with E-state index in [1.54, 1.807) is 17.0 Å². The lowest BCUT2D eigenvalue weighted by molar-refractivity contribution is -0.127. The van der Waals surface area contributed by atoms with Gasteiger partial charge in [-0.2, -0.15) is 0 Å². The van der Waals surface area contributed by atoms with Crippen LogP contribution in [0.25, 0.3) is 0 Å². The van der Waals surface area contributed by atoms with Gasteiger partial charge in [-0.05, 0) is 56.0 Å². The van der Waals surface area contributed by atoms with Crippen LogP contribution < -0.4 is 10.2 Å². The highest BCUT2D eigenvalue weighted by Crippen LogP contribution is 2.46. The van der Waals surface area contributed by atoms with Crippen molar-refractivity contribution >= 4 is 17.5 Å². The summed E-state index contributed by atoms with van der Waals surface area (Å²) in [6.07, 6.45) is 4.61. The van der Waals surface area contributed by atoms with Crippen LogP contribution in [0.1, 0.15) is 42.6 Å². The van der Waals surface area contributed by atoms with Gasteiger partial charge in [0.25, 0.3) is 5.91 Å². The third kappa shape index (κ3) is 3.48. The maximum absolute atomic E-state index is 13.6. The molecule has 4 rings (SSSR count). The van der Waals surface area contributed by atoms with Gasteiger partial charge in [0.15, 0.2) is 0 Å². The minimum Gasteiger partial charge on any atom is -0.348 e. The highest BCUT2D eigenvalue weighted by atomic mass is 19.1. The Morgan fingerprint density at radius 2 is 2.04 bits per heavy atom. The Morgan fingerprint density at radius 1 is 1.18 bits per heavy atom. The van der Waals surface area contributed by atoms with E-state index in [0.29, 0.717) is 25.1 Å².